The predicted octanol–water partition coefficient (Wildman–Crippen LogP) is 3.02. The van der Waals surface area contributed by atoms with E-state index in [9.17, 15) is 23.1 Å². The number of amides is 1. The molecular formula is C23H18ClN3O6S. The molecule has 1 saturated heterocycles. The molecule has 3 N–H and O–H groups in total. The summed E-state index contributed by atoms with van der Waals surface area (Å²) >= 11 is 6.10. The van der Waals surface area contributed by atoms with Crippen molar-refractivity contribution in [2.75, 3.05) is 12.0 Å². The van der Waals surface area contributed by atoms with E-state index in [0.29, 0.717) is 5.56 Å². The maximum Gasteiger partial charge on any atom is 0.300 e. The number of hydrogen-bond acceptors (Lipinski definition) is 7. The topological polar surface area (TPSA) is 140 Å². The van der Waals surface area contributed by atoms with Crippen LogP contribution < -0.4 is 14.8 Å². The number of hydrogen-bond donors (Lipinski definition) is 2. The minimum atomic E-state index is -3.96. The maximum absolute atomic E-state index is 13.2. The highest BCUT2D eigenvalue weighted by Crippen LogP contribution is 2.43. The van der Waals surface area contributed by atoms with Gasteiger partial charge in [-0.1, -0.05) is 17.7 Å². The summed E-state index contributed by atoms with van der Waals surface area (Å²) in [6.07, 6.45) is 2.99. The van der Waals surface area contributed by atoms with Gasteiger partial charge in [-0.3, -0.25) is 19.5 Å². The van der Waals surface area contributed by atoms with Gasteiger partial charge in [0.2, 0.25) is 10.0 Å². The number of ether oxygens (including phenoxy) is 1. The standard InChI is InChI=1S/C23H18ClN3O6S/c1-33-18-9-4-14(24)11-17(18)21(28)19-20(13-3-2-10-26-12-13)27(23(30)22(19)29)15-5-7-16(8-6-15)34(25,31)32/h2-12,20,28H,1H3,(H2,25,31,32)/b21-19+. The normalized spacial score (nSPS) is 17.7. The largest absolute Gasteiger partial charge is 0.507 e. The third-order valence-electron chi connectivity index (χ3n) is 5.30. The Labute approximate surface area is 200 Å². The van der Waals surface area contributed by atoms with Crippen LogP contribution in [0.3, 0.4) is 0 Å². The van der Waals surface area contributed by atoms with E-state index < -0.39 is 33.5 Å². The van der Waals surface area contributed by atoms with Crippen molar-refractivity contribution in [1.29, 1.82) is 0 Å². The lowest BCUT2D eigenvalue weighted by Crippen LogP contribution is -2.29. The molecule has 1 aliphatic rings. The van der Waals surface area contributed by atoms with Crippen LogP contribution in [0.5, 0.6) is 5.75 Å². The Hall–Kier alpha value is -3.73. The van der Waals surface area contributed by atoms with Gasteiger partial charge in [-0.2, -0.15) is 0 Å². The zero-order chi connectivity index (χ0) is 24.6. The summed E-state index contributed by atoms with van der Waals surface area (Å²) in [4.78, 5) is 31.4. The number of nitrogens with two attached hydrogens (primary N) is 1. The first kappa shape index (κ1) is 23.4. The molecular weight excluding hydrogens is 482 g/mol. The highest BCUT2D eigenvalue weighted by molar-refractivity contribution is 7.89. The summed E-state index contributed by atoms with van der Waals surface area (Å²) in [7, 11) is -2.57. The molecule has 1 amide bonds. The molecule has 34 heavy (non-hydrogen) atoms. The molecule has 174 valence electrons. The number of nitrogens with zero attached hydrogens (tertiary/aromatic N) is 2. The number of Topliss-reactive ketones (excluding diaryl/α,β-unsaturated/α-hetero) is 1. The van der Waals surface area contributed by atoms with Gasteiger partial charge in [0, 0.05) is 23.1 Å². The van der Waals surface area contributed by atoms with Crippen LogP contribution in [0.25, 0.3) is 5.76 Å². The van der Waals surface area contributed by atoms with Gasteiger partial charge in [0.15, 0.2) is 0 Å². The molecule has 0 saturated carbocycles. The number of aromatic nitrogens is 1. The fourth-order valence-electron chi connectivity index (χ4n) is 3.76. The lowest BCUT2D eigenvalue weighted by Gasteiger charge is -2.25. The minimum absolute atomic E-state index is 0.131. The molecule has 1 aromatic heterocycles. The van der Waals surface area contributed by atoms with E-state index in [1.807, 2.05) is 0 Å². The van der Waals surface area contributed by atoms with Gasteiger partial charge in [0.1, 0.15) is 11.5 Å². The fourth-order valence-corrected chi connectivity index (χ4v) is 4.45. The van der Waals surface area contributed by atoms with Crippen LogP contribution in [-0.4, -0.2) is 37.3 Å². The molecule has 1 unspecified atom stereocenters. The van der Waals surface area contributed by atoms with Gasteiger partial charge in [0.05, 0.1) is 29.2 Å². The average molecular weight is 500 g/mol. The van der Waals surface area contributed by atoms with Crippen LogP contribution in [0.4, 0.5) is 5.69 Å². The van der Waals surface area contributed by atoms with E-state index in [1.165, 1.54) is 55.9 Å². The van der Waals surface area contributed by atoms with Crippen LogP contribution in [0.2, 0.25) is 5.02 Å². The molecule has 0 spiro atoms. The number of halogens is 1. The van der Waals surface area contributed by atoms with E-state index in [2.05, 4.69) is 4.98 Å². The number of rotatable bonds is 5. The molecule has 0 aliphatic carbocycles. The van der Waals surface area contributed by atoms with Crippen molar-refractivity contribution in [3.05, 3.63) is 88.7 Å². The van der Waals surface area contributed by atoms with Crippen LogP contribution in [0.1, 0.15) is 17.2 Å². The molecule has 1 atom stereocenters. The van der Waals surface area contributed by atoms with Crippen molar-refractivity contribution in [1.82, 2.24) is 4.98 Å². The number of aliphatic hydroxyl groups is 1. The third kappa shape index (κ3) is 4.14. The molecule has 11 heteroatoms. The molecule has 0 radical (unpaired) electrons. The number of ketones is 1. The Morgan fingerprint density at radius 1 is 1.15 bits per heavy atom. The van der Waals surface area contributed by atoms with E-state index >= 15 is 0 Å². The number of anilines is 1. The molecule has 3 aromatic rings. The highest BCUT2D eigenvalue weighted by atomic mass is 35.5. The van der Waals surface area contributed by atoms with Crippen molar-refractivity contribution < 1.29 is 27.9 Å². The second-order valence-electron chi connectivity index (χ2n) is 7.34. The second kappa shape index (κ2) is 8.90. The predicted molar refractivity (Wildman–Crippen MR) is 125 cm³/mol. The SMILES string of the molecule is COc1ccc(Cl)cc1/C(O)=C1\C(=O)C(=O)N(c2ccc(S(N)(=O)=O)cc2)C1c1cccnc1. The Kier molecular flexibility index (Phi) is 6.13. The van der Waals surface area contributed by atoms with Gasteiger partial charge in [-0.05, 0) is 54.1 Å². The minimum Gasteiger partial charge on any atom is -0.507 e. The van der Waals surface area contributed by atoms with Crippen LogP contribution in [0, 0.1) is 0 Å². The number of aliphatic hydroxyl groups excluding tert-OH is 1. The van der Waals surface area contributed by atoms with Crippen molar-refractivity contribution in [2.24, 2.45) is 5.14 Å². The number of sulfonamides is 1. The van der Waals surface area contributed by atoms with E-state index in [1.54, 1.807) is 18.2 Å². The quantitative estimate of drug-likeness (QED) is 0.312. The van der Waals surface area contributed by atoms with Crippen molar-refractivity contribution in [3.63, 3.8) is 0 Å². The molecule has 2 aromatic carbocycles. The molecule has 1 aliphatic heterocycles. The zero-order valence-electron chi connectivity index (χ0n) is 17.7. The maximum atomic E-state index is 13.2. The summed E-state index contributed by atoms with van der Waals surface area (Å²) in [6.45, 7) is 0. The summed E-state index contributed by atoms with van der Waals surface area (Å²) in [5, 5.41) is 16.7. The number of primary sulfonamides is 1. The van der Waals surface area contributed by atoms with Crippen LogP contribution in [0.15, 0.2) is 77.5 Å². The van der Waals surface area contributed by atoms with Crippen LogP contribution in [-0.2, 0) is 19.6 Å². The van der Waals surface area contributed by atoms with Crippen molar-refractivity contribution >= 4 is 44.8 Å². The van der Waals surface area contributed by atoms with Gasteiger partial charge < -0.3 is 9.84 Å². The highest BCUT2D eigenvalue weighted by Gasteiger charge is 2.47. The monoisotopic (exact) mass is 499 g/mol. The van der Waals surface area contributed by atoms with Crippen LogP contribution >= 0.6 is 11.6 Å². The summed E-state index contributed by atoms with van der Waals surface area (Å²) < 4.78 is 28.5. The first-order valence-electron chi connectivity index (χ1n) is 9.81. The van der Waals surface area contributed by atoms with E-state index in [-0.39, 0.29) is 32.5 Å². The van der Waals surface area contributed by atoms with Gasteiger partial charge >= 0.3 is 0 Å². The van der Waals surface area contributed by atoms with E-state index in [4.69, 9.17) is 21.5 Å². The van der Waals surface area contributed by atoms with Crippen molar-refractivity contribution in [3.8, 4) is 5.75 Å². The Balaban J connectivity index is 1.95. The number of carbonyl (C=O) groups is 2. The first-order valence-corrected chi connectivity index (χ1v) is 11.7. The smallest absolute Gasteiger partial charge is 0.300 e. The molecule has 9 nitrogen and oxygen atoms in total. The lowest BCUT2D eigenvalue weighted by molar-refractivity contribution is -0.132. The molecule has 0 bridgehead atoms. The number of benzene rings is 2. The third-order valence-corrected chi connectivity index (χ3v) is 6.47. The summed E-state index contributed by atoms with van der Waals surface area (Å²) in [6, 6.07) is 11.9. The average Bonchev–Trinajstić information content (AvgIpc) is 3.09. The van der Waals surface area contributed by atoms with Gasteiger partial charge in [0.25, 0.3) is 11.7 Å². The summed E-state index contributed by atoms with van der Waals surface area (Å²) in [5.74, 6) is -2.09. The molecule has 2 heterocycles. The molecule has 1 fully saturated rings. The van der Waals surface area contributed by atoms with Crippen molar-refractivity contribution in [2.45, 2.75) is 10.9 Å². The number of pyridine rings is 1. The Morgan fingerprint density at radius 2 is 1.85 bits per heavy atom. The van der Waals surface area contributed by atoms with E-state index in [0.717, 1.165) is 4.90 Å². The number of methoxy groups -OCH3 is 1. The first-order chi connectivity index (χ1) is 16.1. The Bertz CT molecular complexity index is 1420. The summed E-state index contributed by atoms with van der Waals surface area (Å²) in [5.41, 5.74) is 0.598. The molecule has 4 rings (SSSR count). The second-order valence-corrected chi connectivity index (χ2v) is 9.34. The Morgan fingerprint density at radius 3 is 2.44 bits per heavy atom. The van der Waals surface area contributed by atoms with Gasteiger partial charge in [-0.25, -0.2) is 13.6 Å². The lowest BCUT2D eigenvalue weighted by atomic mass is 9.96. The zero-order valence-corrected chi connectivity index (χ0v) is 19.2. The number of carbonyl (C=O) groups excluding carboxylic acids is 2. The fraction of sp³-hybridized carbons (Fsp3) is 0.0870. The van der Waals surface area contributed by atoms with Gasteiger partial charge in [-0.15, -0.1) is 0 Å².